The van der Waals surface area contributed by atoms with Gasteiger partial charge in [0, 0.05) is 30.1 Å². The number of benzene rings is 1. The van der Waals surface area contributed by atoms with Gasteiger partial charge in [-0.3, -0.25) is 9.48 Å². The topological polar surface area (TPSA) is 90.9 Å². The largest absolute Gasteiger partial charge is 0.508 e. The second kappa shape index (κ2) is 6.14. The molecule has 2 rings (SSSR count). The monoisotopic (exact) mass is 296 g/mol. The zero-order valence-electron chi connectivity index (χ0n) is 12.6. The first-order chi connectivity index (χ1) is 10.4. The third-order valence-electron chi connectivity index (χ3n) is 3.32. The minimum absolute atomic E-state index is 0.0254. The molecule has 1 amide bonds. The molecule has 0 saturated carbocycles. The van der Waals surface area contributed by atoms with Crippen LogP contribution in [0.4, 0.5) is 5.69 Å². The van der Waals surface area contributed by atoms with Crippen LogP contribution in [-0.2, 0) is 11.8 Å². The Hall–Kier alpha value is -3.07. The van der Waals surface area contributed by atoms with E-state index in [-0.39, 0.29) is 11.3 Å². The highest BCUT2D eigenvalue weighted by Crippen LogP contribution is 2.19. The molecule has 6 heteroatoms. The number of amides is 1. The first-order valence-electron chi connectivity index (χ1n) is 6.64. The van der Waals surface area contributed by atoms with Crippen molar-refractivity contribution in [2.24, 2.45) is 7.05 Å². The van der Waals surface area contributed by atoms with E-state index in [2.05, 4.69) is 10.4 Å². The Kier molecular flexibility index (Phi) is 4.28. The predicted molar refractivity (Wildman–Crippen MR) is 83.0 cm³/mol. The summed E-state index contributed by atoms with van der Waals surface area (Å²) in [7, 11) is 1.80. The highest BCUT2D eigenvalue weighted by atomic mass is 16.3. The summed E-state index contributed by atoms with van der Waals surface area (Å²) < 4.78 is 1.70. The lowest BCUT2D eigenvalue weighted by Gasteiger charge is -2.04. The third-order valence-corrected chi connectivity index (χ3v) is 3.32. The molecule has 0 aliphatic rings. The molecule has 1 aromatic heterocycles. The maximum Gasteiger partial charge on any atom is 0.266 e. The summed E-state index contributed by atoms with van der Waals surface area (Å²) in [6.45, 7) is 3.69. The van der Waals surface area contributed by atoms with E-state index in [9.17, 15) is 15.2 Å². The van der Waals surface area contributed by atoms with Gasteiger partial charge in [-0.25, -0.2) is 0 Å². The summed E-state index contributed by atoms with van der Waals surface area (Å²) in [6.07, 6.45) is 1.52. The Morgan fingerprint density at radius 1 is 1.45 bits per heavy atom. The molecule has 0 radical (unpaired) electrons. The van der Waals surface area contributed by atoms with E-state index in [1.165, 1.54) is 18.2 Å². The van der Waals surface area contributed by atoms with Crippen LogP contribution >= 0.6 is 0 Å². The fourth-order valence-electron chi connectivity index (χ4n) is 2.07. The van der Waals surface area contributed by atoms with Crippen molar-refractivity contribution in [1.82, 2.24) is 9.78 Å². The quantitative estimate of drug-likeness (QED) is 0.671. The zero-order chi connectivity index (χ0) is 16.3. The molecule has 0 saturated heterocycles. The van der Waals surface area contributed by atoms with Crippen molar-refractivity contribution >= 4 is 17.7 Å². The van der Waals surface area contributed by atoms with E-state index in [4.69, 9.17) is 0 Å². The molecule has 0 bridgehead atoms. The number of hydrogen-bond acceptors (Lipinski definition) is 4. The molecular formula is C16H16N4O2. The van der Waals surface area contributed by atoms with Gasteiger partial charge in [-0.05, 0) is 32.1 Å². The second-order valence-corrected chi connectivity index (χ2v) is 4.88. The van der Waals surface area contributed by atoms with Gasteiger partial charge in [0.2, 0.25) is 0 Å². The highest BCUT2D eigenvalue weighted by molar-refractivity contribution is 6.09. The van der Waals surface area contributed by atoms with Crippen molar-refractivity contribution in [3.05, 3.63) is 46.8 Å². The number of aryl methyl sites for hydroxylation is 2. The Bertz CT molecular complexity index is 797. The number of rotatable bonds is 3. The molecule has 2 aromatic rings. The Morgan fingerprint density at radius 3 is 2.73 bits per heavy atom. The van der Waals surface area contributed by atoms with Crippen molar-refractivity contribution in [3.63, 3.8) is 0 Å². The van der Waals surface area contributed by atoms with Gasteiger partial charge in [0.1, 0.15) is 17.4 Å². The molecule has 0 unspecified atom stereocenters. The molecule has 1 heterocycles. The van der Waals surface area contributed by atoms with Gasteiger partial charge >= 0.3 is 0 Å². The molecule has 0 fully saturated rings. The lowest BCUT2D eigenvalue weighted by molar-refractivity contribution is -0.112. The molecule has 112 valence electrons. The number of phenols is 1. The van der Waals surface area contributed by atoms with Gasteiger partial charge in [-0.2, -0.15) is 10.4 Å². The van der Waals surface area contributed by atoms with Crippen LogP contribution in [-0.4, -0.2) is 20.8 Å². The Balaban J connectivity index is 2.30. The predicted octanol–water partition coefficient (Wildman–Crippen LogP) is 2.29. The number of carbonyl (C=O) groups is 1. The summed E-state index contributed by atoms with van der Waals surface area (Å²) >= 11 is 0. The summed E-state index contributed by atoms with van der Waals surface area (Å²) in [5.74, 6) is -0.491. The first-order valence-corrected chi connectivity index (χ1v) is 6.64. The van der Waals surface area contributed by atoms with Gasteiger partial charge in [0.15, 0.2) is 0 Å². The molecule has 22 heavy (non-hydrogen) atoms. The number of aromatic nitrogens is 2. The summed E-state index contributed by atoms with van der Waals surface area (Å²) in [5.41, 5.74) is 2.77. The molecular weight excluding hydrogens is 280 g/mol. The minimum Gasteiger partial charge on any atom is -0.508 e. The van der Waals surface area contributed by atoms with E-state index in [1.807, 2.05) is 19.9 Å². The number of nitriles is 1. The first kappa shape index (κ1) is 15.3. The molecule has 0 aliphatic heterocycles. The fourth-order valence-corrected chi connectivity index (χ4v) is 2.07. The number of nitrogens with one attached hydrogen (secondary N) is 1. The van der Waals surface area contributed by atoms with Gasteiger partial charge in [0.05, 0.1) is 5.69 Å². The van der Waals surface area contributed by atoms with Crippen LogP contribution in [0.1, 0.15) is 17.0 Å². The van der Waals surface area contributed by atoms with Crippen molar-refractivity contribution in [2.75, 3.05) is 5.32 Å². The second-order valence-electron chi connectivity index (χ2n) is 4.88. The lowest BCUT2D eigenvalue weighted by Crippen LogP contribution is -2.13. The molecule has 0 aliphatic carbocycles. The minimum atomic E-state index is -0.532. The van der Waals surface area contributed by atoms with Gasteiger partial charge in [-0.1, -0.05) is 6.07 Å². The third kappa shape index (κ3) is 3.15. The molecule has 0 spiro atoms. The average Bonchev–Trinajstić information content (AvgIpc) is 2.70. The van der Waals surface area contributed by atoms with Crippen LogP contribution in [0.25, 0.3) is 6.08 Å². The number of anilines is 1. The van der Waals surface area contributed by atoms with Crippen LogP contribution in [0.3, 0.4) is 0 Å². The Labute approximate surface area is 128 Å². The summed E-state index contributed by atoms with van der Waals surface area (Å²) in [4.78, 5) is 12.2. The normalized spacial score (nSPS) is 11.1. The number of phenolic OH excluding ortho intramolecular Hbond substituents is 1. The van der Waals surface area contributed by atoms with Gasteiger partial charge < -0.3 is 10.4 Å². The number of hydrogen-bond donors (Lipinski definition) is 2. The molecule has 1 aromatic carbocycles. The number of aromatic hydroxyl groups is 1. The SMILES string of the molecule is Cc1nn(C)c(C)c1/C=C(\C#N)C(=O)Nc1cccc(O)c1. The maximum atomic E-state index is 12.2. The van der Waals surface area contributed by atoms with Crippen molar-refractivity contribution < 1.29 is 9.90 Å². The smallest absolute Gasteiger partial charge is 0.266 e. The molecule has 0 atom stereocenters. The van der Waals surface area contributed by atoms with Crippen molar-refractivity contribution in [2.45, 2.75) is 13.8 Å². The van der Waals surface area contributed by atoms with E-state index in [0.29, 0.717) is 5.69 Å². The summed E-state index contributed by atoms with van der Waals surface area (Å²) in [5, 5.41) is 25.4. The van der Waals surface area contributed by atoms with Crippen LogP contribution in [0, 0.1) is 25.2 Å². The van der Waals surface area contributed by atoms with E-state index < -0.39 is 5.91 Å². The fraction of sp³-hybridized carbons (Fsp3) is 0.188. The van der Waals surface area contributed by atoms with Crippen LogP contribution in [0.15, 0.2) is 29.8 Å². The van der Waals surface area contributed by atoms with E-state index in [1.54, 1.807) is 23.9 Å². The standard InChI is InChI=1S/C16H16N4O2/c1-10-15(11(2)20(3)19-10)7-12(9-17)16(22)18-13-5-4-6-14(21)8-13/h4-8,21H,1-3H3,(H,18,22)/b12-7+. The lowest BCUT2D eigenvalue weighted by atomic mass is 10.1. The maximum absolute atomic E-state index is 12.2. The van der Waals surface area contributed by atoms with Gasteiger partial charge in [-0.15, -0.1) is 0 Å². The number of carbonyl (C=O) groups excluding carboxylic acids is 1. The van der Waals surface area contributed by atoms with Gasteiger partial charge in [0.25, 0.3) is 5.91 Å². The van der Waals surface area contributed by atoms with Crippen LogP contribution in [0.2, 0.25) is 0 Å². The molecule has 6 nitrogen and oxygen atoms in total. The van der Waals surface area contributed by atoms with Crippen LogP contribution < -0.4 is 5.32 Å². The average molecular weight is 296 g/mol. The zero-order valence-corrected chi connectivity index (χ0v) is 12.6. The van der Waals surface area contributed by atoms with Crippen molar-refractivity contribution in [1.29, 1.82) is 5.26 Å². The number of nitrogens with zero attached hydrogens (tertiary/aromatic N) is 3. The summed E-state index contributed by atoms with van der Waals surface area (Å²) in [6, 6.07) is 8.05. The van der Waals surface area contributed by atoms with Crippen molar-refractivity contribution in [3.8, 4) is 11.8 Å². The van der Waals surface area contributed by atoms with Crippen LogP contribution in [0.5, 0.6) is 5.75 Å². The highest BCUT2D eigenvalue weighted by Gasteiger charge is 2.13. The van der Waals surface area contributed by atoms with E-state index >= 15 is 0 Å². The van der Waals surface area contributed by atoms with E-state index in [0.717, 1.165) is 17.0 Å². The Morgan fingerprint density at radius 2 is 2.18 bits per heavy atom. The molecule has 2 N–H and O–H groups in total.